The van der Waals surface area contributed by atoms with Crippen LogP contribution >= 0.6 is 11.8 Å². The second-order valence-electron chi connectivity index (χ2n) is 6.20. The van der Waals surface area contributed by atoms with Crippen LogP contribution < -0.4 is 4.90 Å². The van der Waals surface area contributed by atoms with Crippen LogP contribution in [0.25, 0.3) is 0 Å². The summed E-state index contributed by atoms with van der Waals surface area (Å²) in [7, 11) is 1.95. The van der Waals surface area contributed by atoms with Crippen molar-refractivity contribution in [2.24, 2.45) is 0 Å². The monoisotopic (exact) mass is 324 g/mol. The van der Waals surface area contributed by atoms with Gasteiger partial charge in [0.25, 0.3) is 0 Å². The van der Waals surface area contributed by atoms with E-state index in [1.807, 2.05) is 53.2 Å². The summed E-state index contributed by atoms with van der Waals surface area (Å²) in [6, 6.07) is 16.8. The molecule has 1 saturated carbocycles. The lowest BCUT2D eigenvalue weighted by atomic mass is 10.2. The van der Waals surface area contributed by atoms with E-state index in [0.717, 1.165) is 34.0 Å². The fraction of sp³-hybridized carbons (Fsp3) is 0.316. The smallest absolute Gasteiger partial charge is 0.324 e. The van der Waals surface area contributed by atoms with Crippen LogP contribution in [0.5, 0.6) is 0 Å². The molecule has 1 heterocycles. The van der Waals surface area contributed by atoms with Gasteiger partial charge < -0.3 is 4.90 Å². The Morgan fingerprint density at radius 3 is 2.09 bits per heavy atom. The van der Waals surface area contributed by atoms with Crippen molar-refractivity contribution in [3.05, 3.63) is 48.5 Å². The van der Waals surface area contributed by atoms with E-state index in [4.69, 9.17) is 0 Å². The van der Waals surface area contributed by atoms with Crippen molar-refractivity contribution in [2.75, 3.05) is 11.9 Å². The molecule has 1 aliphatic heterocycles. The van der Waals surface area contributed by atoms with Crippen LogP contribution in [0.4, 0.5) is 16.2 Å². The molecule has 0 atom stereocenters. The SMILES string of the molecule is CN(C(=O)N1c2ccccc2Sc2ccccc21)C1CCCC1. The van der Waals surface area contributed by atoms with Gasteiger partial charge in [-0.1, -0.05) is 48.9 Å². The highest BCUT2D eigenvalue weighted by atomic mass is 32.2. The zero-order chi connectivity index (χ0) is 15.8. The van der Waals surface area contributed by atoms with Crippen molar-refractivity contribution in [1.82, 2.24) is 4.90 Å². The number of carbonyl (C=O) groups excluding carboxylic acids is 1. The highest BCUT2D eigenvalue weighted by Crippen LogP contribution is 2.48. The molecule has 1 aliphatic carbocycles. The standard InChI is InChI=1S/C19H20N2OS/c1-20(14-8-2-3-9-14)19(22)21-15-10-4-6-12-17(15)23-18-13-7-5-11-16(18)21/h4-7,10-14H,2-3,8-9H2,1H3. The lowest BCUT2D eigenvalue weighted by Gasteiger charge is -2.35. The van der Waals surface area contributed by atoms with Crippen molar-refractivity contribution in [2.45, 2.75) is 41.5 Å². The third-order valence-corrected chi connectivity index (χ3v) is 5.93. The Morgan fingerprint density at radius 1 is 1.00 bits per heavy atom. The van der Waals surface area contributed by atoms with E-state index >= 15 is 0 Å². The number of rotatable bonds is 1. The van der Waals surface area contributed by atoms with Gasteiger partial charge in [-0.05, 0) is 37.1 Å². The number of para-hydroxylation sites is 2. The first-order valence-corrected chi connectivity index (χ1v) is 9.00. The first-order chi connectivity index (χ1) is 11.3. The first-order valence-electron chi connectivity index (χ1n) is 8.18. The molecule has 0 aromatic heterocycles. The van der Waals surface area contributed by atoms with Gasteiger partial charge in [-0.2, -0.15) is 0 Å². The van der Waals surface area contributed by atoms with Gasteiger partial charge in [0.2, 0.25) is 0 Å². The van der Waals surface area contributed by atoms with Gasteiger partial charge in [-0.3, -0.25) is 4.90 Å². The second kappa shape index (κ2) is 5.93. The number of fused-ring (bicyclic) bond motifs is 2. The summed E-state index contributed by atoms with van der Waals surface area (Å²) in [5.74, 6) is 0. The number of hydrogen-bond acceptors (Lipinski definition) is 2. The Hall–Kier alpha value is -1.94. The molecule has 0 bridgehead atoms. The molecular formula is C19H20N2OS. The topological polar surface area (TPSA) is 23.6 Å². The molecule has 118 valence electrons. The molecular weight excluding hydrogens is 304 g/mol. The van der Waals surface area contributed by atoms with E-state index < -0.39 is 0 Å². The highest BCUT2D eigenvalue weighted by molar-refractivity contribution is 7.99. The van der Waals surface area contributed by atoms with Crippen molar-refractivity contribution >= 4 is 29.2 Å². The van der Waals surface area contributed by atoms with E-state index in [9.17, 15) is 4.79 Å². The zero-order valence-electron chi connectivity index (χ0n) is 13.2. The predicted octanol–water partition coefficient (Wildman–Crippen LogP) is 5.28. The Morgan fingerprint density at radius 2 is 1.52 bits per heavy atom. The maximum Gasteiger partial charge on any atom is 0.329 e. The average molecular weight is 324 g/mol. The summed E-state index contributed by atoms with van der Waals surface area (Å²) in [5, 5.41) is 0. The summed E-state index contributed by atoms with van der Waals surface area (Å²) in [6.45, 7) is 0. The lowest BCUT2D eigenvalue weighted by molar-refractivity contribution is 0.200. The Kier molecular flexibility index (Phi) is 3.77. The average Bonchev–Trinajstić information content (AvgIpc) is 3.13. The summed E-state index contributed by atoms with van der Waals surface area (Å²) >= 11 is 1.74. The Labute approximate surface area is 141 Å². The van der Waals surface area contributed by atoms with Gasteiger partial charge in [-0.15, -0.1) is 0 Å². The van der Waals surface area contributed by atoms with Crippen LogP contribution in [-0.2, 0) is 0 Å². The zero-order valence-corrected chi connectivity index (χ0v) is 14.1. The molecule has 0 saturated heterocycles. The first kappa shape index (κ1) is 14.6. The minimum Gasteiger partial charge on any atom is -0.324 e. The third-order valence-electron chi connectivity index (χ3n) is 4.80. The van der Waals surface area contributed by atoms with Gasteiger partial charge in [0.1, 0.15) is 0 Å². The van der Waals surface area contributed by atoms with E-state index in [1.165, 1.54) is 12.8 Å². The van der Waals surface area contributed by atoms with Crippen molar-refractivity contribution in [3.8, 4) is 0 Å². The number of amides is 2. The maximum atomic E-state index is 13.3. The van der Waals surface area contributed by atoms with Gasteiger partial charge in [-0.25, -0.2) is 4.79 Å². The fourth-order valence-corrected chi connectivity index (χ4v) is 4.57. The molecule has 0 spiro atoms. The van der Waals surface area contributed by atoms with Crippen LogP contribution in [-0.4, -0.2) is 24.0 Å². The van der Waals surface area contributed by atoms with Crippen LogP contribution in [0.1, 0.15) is 25.7 Å². The number of urea groups is 1. The maximum absolute atomic E-state index is 13.3. The minimum absolute atomic E-state index is 0.0806. The van der Waals surface area contributed by atoms with E-state index in [-0.39, 0.29) is 6.03 Å². The summed E-state index contributed by atoms with van der Waals surface area (Å²) < 4.78 is 0. The Balaban J connectivity index is 1.76. The van der Waals surface area contributed by atoms with Gasteiger partial charge in [0.05, 0.1) is 11.4 Å². The normalized spacial score (nSPS) is 16.8. The Bertz CT molecular complexity index is 694. The number of hydrogen-bond donors (Lipinski definition) is 0. The second-order valence-corrected chi connectivity index (χ2v) is 7.29. The van der Waals surface area contributed by atoms with E-state index in [1.54, 1.807) is 11.8 Å². The molecule has 3 nitrogen and oxygen atoms in total. The number of anilines is 2. The summed E-state index contributed by atoms with van der Waals surface area (Å²) in [4.78, 5) is 19.4. The van der Waals surface area contributed by atoms with Gasteiger partial charge >= 0.3 is 6.03 Å². The van der Waals surface area contributed by atoms with Crippen LogP contribution in [0.2, 0.25) is 0 Å². The molecule has 2 aliphatic rings. The van der Waals surface area contributed by atoms with Crippen LogP contribution in [0, 0.1) is 0 Å². The third kappa shape index (κ3) is 2.51. The predicted molar refractivity (Wildman–Crippen MR) is 94.6 cm³/mol. The molecule has 0 radical (unpaired) electrons. The molecule has 4 heteroatoms. The molecule has 2 aromatic rings. The molecule has 23 heavy (non-hydrogen) atoms. The molecule has 4 rings (SSSR count). The minimum atomic E-state index is 0.0806. The quantitative estimate of drug-likeness (QED) is 0.712. The molecule has 2 aromatic carbocycles. The lowest BCUT2D eigenvalue weighted by Crippen LogP contribution is -2.44. The van der Waals surface area contributed by atoms with Crippen molar-refractivity contribution < 1.29 is 4.79 Å². The summed E-state index contributed by atoms with van der Waals surface area (Å²) in [6.07, 6.45) is 4.69. The molecule has 2 amide bonds. The number of benzene rings is 2. The van der Waals surface area contributed by atoms with Gasteiger partial charge in [0, 0.05) is 22.9 Å². The summed E-state index contributed by atoms with van der Waals surface area (Å²) in [5.41, 5.74) is 1.98. The van der Waals surface area contributed by atoms with Crippen LogP contribution in [0.15, 0.2) is 58.3 Å². The molecule has 0 unspecified atom stereocenters. The number of nitrogens with zero attached hydrogens (tertiary/aromatic N) is 2. The largest absolute Gasteiger partial charge is 0.329 e. The molecule has 0 N–H and O–H groups in total. The molecule has 1 fully saturated rings. The van der Waals surface area contributed by atoms with Crippen molar-refractivity contribution in [3.63, 3.8) is 0 Å². The van der Waals surface area contributed by atoms with Crippen LogP contribution in [0.3, 0.4) is 0 Å². The number of carbonyl (C=O) groups is 1. The fourth-order valence-electron chi connectivity index (χ4n) is 3.52. The van der Waals surface area contributed by atoms with Crippen molar-refractivity contribution in [1.29, 1.82) is 0 Å². The highest BCUT2D eigenvalue weighted by Gasteiger charge is 2.33. The van der Waals surface area contributed by atoms with Gasteiger partial charge in [0.15, 0.2) is 0 Å². The van der Waals surface area contributed by atoms with E-state index in [2.05, 4.69) is 12.1 Å². The van der Waals surface area contributed by atoms with E-state index in [0.29, 0.717) is 6.04 Å².